The number of nitrogens with one attached hydrogen (secondary N) is 1. The van der Waals surface area contributed by atoms with Crippen molar-refractivity contribution in [1.29, 1.82) is 0 Å². The van der Waals surface area contributed by atoms with E-state index in [9.17, 15) is 4.79 Å². The second-order valence-electron chi connectivity index (χ2n) is 7.04. The van der Waals surface area contributed by atoms with Crippen LogP contribution in [0, 0.1) is 13.8 Å². The summed E-state index contributed by atoms with van der Waals surface area (Å²) >= 11 is 0. The first-order valence-corrected chi connectivity index (χ1v) is 9.59. The Balaban J connectivity index is 1.45. The van der Waals surface area contributed by atoms with Crippen LogP contribution in [0.5, 0.6) is 0 Å². The van der Waals surface area contributed by atoms with Gasteiger partial charge in [0, 0.05) is 50.0 Å². The average molecular weight is 389 g/mol. The molecule has 1 aliphatic rings. The molecule has 0 aliphatic carbocycles. The summed E-state index contributed by atoms with van der Waals surface area (Å²) in [6, 6.07) is 11.5. The van der Waals surface area contributed by atoms with Crippen LogP contribution >= 0.6 is 0 Å². The molecule has 148 valence electrons. The van der Waals surface area contributed by atoms with Crippen LogP contribution in [-0.4, -0.2) is 56.9 Å². The highest BCUT2D eigenvalue weighted by atomic mass is 16.2. The molecule has 1 amide bonds. The third kappa shape index (κ3) is 4.48. The van der Waals surface area contributed by atoms with Gasteiger partial charge >= 0.3 is 0 Å². The number of piperazine rings is 1. The van der Waals surface area contributed by atoms with Crippen molar-refractivity contribution in [2.24, 2.45) is 0 Å². The fourth-order valence-corrected chi connectivity index (χ4v) is 3.31. The molecule has 1 saturated heterocycles. The number of amides is 1. The van der Waals surface area contributed by atoms with Gasteiger partial charge in [0.1, 0.15) is 5.69 Å². The number of anilines is 3. The summed E-state index contributed by atoms with van der Waals surface area (Å²) in [5, 5.41) is 3.19. The zero-order chi connectivity index (χ0) is 20.2. The number of hydrogen-bond acceptors (Lipinski definition) is 7. The highest BCUT2D eigenvalue weighted by molar-refractivity contribution is 5.93. The molecule has 3 aromatic rings. The lowest BCUT2D eigenvalue weighted by Crippen LogP contribution is -2.49. The third-order valence-corrected chi connectivity index (χ3v) is 4.75. The number of benzene rings is 1. The van der Waals surface area contributed by atoms with Crippen LogP contribution < -0.4 is 10.2 Å². The Kier molecular flexibility index (Phi) is 5.33. The molecule has 4 rings (SSSR count). The Morgan fingerprint density at radius 2 is 1.72 bits per heavy atom. The molecule has 1 N–H and O–H groups in total. The van der Waals surface area contributed by atoms with E-state index < -0.39 is 0 Å². The van der Waals surface area contributed by atoms with E-state index >= 15 is 0 Å². The minimum atomic E-state index is -0.0866. The zero-order valence-corrected chi connectivity index (χ0v) is 16.5. The van der Waals surface area contributed by atoms with Crippen LogP contribution in [0.15, 0.2) is 48.8 Å². The standard InChI is InChI=1S/C21H23N7O/c1-15-5-3-6-17(13-15)25-20-24-16(2)14-18(26-20)19(29)27-9-11-28(12-10-27)21-22-7-4-8-23-21/h3-8,13-14H,9-12H2,1-2H3,(H,24,25,26). The fraction of sp³-hybridized carbons (Fsp3) is 0.286. The van der Waals surface area contributed by atoms with Gasteiger partial charge in [-0.15, -0.1) is 0 Å². The summed E-state index contributed by atoms with van der Waals surface area (Å²) < 4.78 is 0. The SMILES string of the molecule is Cc1cccc(Nc2nc(C)cc(C(=O)N3CCN(c4ncccn4)CC3)n2)c1. The van der Waals surface area contributed by atoms with E-state index in [1.54, 1.807) is 24.5 Å². The van der Waals surface area contributed by atoms with Crippen molar-refractivity contribution in [3.63, 3.8) is 0 Å². The predicted octanol–water partition coefficient (Wildman–Crippen LogP) is 2.59. The van der Waals surface area contributed by atoms with Gasteiger partial charge in [-0.3, -0.25) is 4.79 Å². The molecular weight excluding hydrogens is 366 g/mol. The lowest BCUT2D eigenvalue weighted by molar-refractivity contribution is 0.0740. The van der Waals surface area contributed by atoms with E-state index in [1.165, 1.54) is 0 Å². The van der Waals surface area contributed by atoms with Gasteiger partial charge in [0.15, 0.2) is 0 Å². The van der Waals surface area contributed by atoms with Crippen LogP contribution in [0.1, 0.15) is 21.7 Å². The molecular formula is C21H23N7O. The van der Waals surface area contributed by atoms with Crippen molar-refractivity contribution in [2.45, 2.75) is 13.8 Å². The molecule has 1 aromatic carbocycles. The minimum Gasteiger partial charge on any atom is -0.337 e. The Morgan fingerprint density at radius 1 is 0.966 bits per heavy atom. The fourth-order valence-electron chi connectivity index (χ4n) is 3.31. The molecule has 2 aromatic heterocycles. The number of carbonyl (C=O) groups is 1. The van der Waals surface area contributed by atoms with Gasteiger partial charge in [-0.05, 0) is 43.7 Å². The molecule has 0 spiro atoms. The molecule has 0 atom stereocenters. The van der Waals surface area contributed by atoms with Crippen molar-refractivity contribution in [2.75, 3.05) is 36.4 Å². The topological polar surface area (TPSA) is 87.1 Å². The van der Waals surface area contributed by atoms with Gasteiger partial charge in [-0.25, -0.2) is 19.9 Å². The first-order valence-electron chi connectivity index (χ1n) is 9.59. The maximum Gasteiger partial charge on any atom is 0.272 e. The first kappa shape index (κ1) is 18.8. The van der Waals surface area contributed by atoms with Gasteiger partial charge in [0.2, 0.25) is 11.9 Å². The number of rotatable bonds is 4. The van der Waals surface area contributed by atoms with Crippen molar-refractivity contribution in [3.8, 4) is 0 Å². The van der Waals surface area contributed by atoms with Gasteiger partial charge < -0.3 is 15.1 Å². The second kappa shape index (κ2) is 8.22. The van der Waals surface area contributed by atoms with E-state index in [0.29, 0.717) is 43.8 Å². The molecule has 3 heterocycles. The van der Waals surface area contributed by atoms with E-state index in [2.05, 4.69) is 30.2 Å². The van der Waals surface area contributed by atoms with Gasteiger partial charge in [0.25, 0.3) is 5.91 Å². The van der Waals surface area contributed by atoms with Crippen LogP contribution in [0.3, 0.4) is 0 Å². The van der Waals surface area contributed by atoms with E-state index in [1.807, 2.05) is 43.0 Å². The predicted molar refractivity (Wildman–Crippen MR) is 111 cm³/mol. The number of aromatic nitrogens is 4. The smallest absolute Gasteiger partial charge is 0.272 e. The van der Waals surface area contributed by atoms with E-state index in [-0.39, 0.29) is 5.91 Å². The Morgan fingerprint density at radius 3 is 2.45 bits per heavy atom. The van der Waals surface area contributed by atoms with Crippen LogP contribution in [-0.2, 0) is 0 Å². The van der Waals surface area contributed by atoms with Crippen molar-refractivity contribution in [1.82, 2.24) is 24.8 Å². The summed E-state index contributed by atoms with van der Waals surface area (Å²) in [5.41, 5.74) is 3.18. The van der Waals surface area contributed by atoms with E-state index in [0.717, 1.165) is 16.9 Å². The van der Waals surface area contributed by atoms with Gasteiger partial charge in [0.05, 0.1) is 0 Å². The molecule has 1 fully saturated rings. The molecule has 29 heavy (non-hydrogen) atoms. The lowest BCUT2D eigenvalue weighted by Gasteiger charge is -2.34. The Hall–Kier alpha value is -3.55. The largest absolute Gasteiger partial charge is 0.337 e. The molecule has 8 nitrogen and oxygen atoms in total. The summed E-state index contributed by atoms with van der Waals surface area (Å²) in [4.78, 5) is 34.4. The monoisotopic (exact) mass is 389 g/mol. The number of aryl methyl sites for hydroxylation is 2. The third-order valence-electron chi connectivity index (χ3n) is 4.75. The van der Waals surface area contributed by atoms with Crippen molar-refractivity contribution < 1.29 is 4.79 Å². The highest BCUT2D eigenvalue weighted by Gasteiger charge is 2.24. The van der Waals surface area contributed by atoms with Crippen molar-refractivity contribution >= 4 is 23.5 Å². The van der Waals surface area contributed by atoms with Crippen LogP contribution in [0.4, 0.5) is 17.6 Å². The first-order chi connectivity index (χ1) is 14.1. The summed E-state index contributed by atoms with van der Waals surface area (Å²) in [5.74, 6) is 1.04. The van der Waals surface area contributed by atoms with Crippen molar-refractivity contribution in [3.05, 3.63) is 65.7 Å². The quantitative estimate of drug-likeness (QED) is 0.734. The lowest BCUT2D eigenvalue weighted by atomic mass is 10.2. The summed E-state index contributed by atoms with van der Waals surface area (Å²) in [6.45, 7) is 6.46. The average Bonchev–Trinajstić information content (AvgIpc) is 2.73. The normalized spacial score (nSPS) is 14.0. The molecule has 0 radical (unpaired) electrons. The summed E-state index contributed by atoms with van der Waals surface area (Å²) in [7, 11) is 0. The highest BCUT2D eigenvalue weighted by Crippen LogP contribution is 2.17. The summed E-state index contributed by atoms with van der Waals surface area (Å²) in [6.07, 6.45) is 3.46. The maximum atomic E-state index is 13.0. The maximum absolute atomic E-state index is 13.0. The van der Waals surface area contributed by atoms with Gasteiger partial charge in [-0.2, -0.15) is 0 Å². The number of carbonyl (C=O) groups excluding carboxylic acids is 1. The number of nitrogens with zero attached hydrogens (tertiary/aromatic N) is 6. The Bertz CT molecular complexity index is 1000. The van der Waals surface area contributed by atoms with Crippen LogP contribution in [0.25, 0.3) is 0 Å². The molecule has 0 bridgehead atoms. The van der Waals surface area contributed by atoms with Gasteiger partial charge in [-0.1, -0.05) is 12.1 Å². The second-order valence-corrected chi connectivity index (χ2v) is 7.04. The number of hydrogen-bond donors (Lipinski definition) is 1. The minimum absolute atomic E-state index is 0.0866. The zero-order valence-electron chi connectivity index (χ0n) is 16.5. The molecule has 0 unspecified atom stereocenters. The Labute approximate surface area is 169 Å². The van der Waals surface area contributed by atoms with Crippen LogP contribution in [0.2, 0.25) is 0 Å². The molecule has 1 aliphatic heterocycles. The molecule has 0 saturated carbocycles. The van der Waals surface area contributed by atoms with E-state index in [4.69, 9.17) is 0 Å². The molecule has 8 heteroatoms.